The Morgan fingerprint density at radius 1 is 1.54 bits per heavy atom. The van der Waals surface area contributed by atoms with E-state index in [9.17, 15) is 0 Å². The molecule has 1 aliphatic rings. The summed E-state index contributed by atoms with van der Waals surface area (Å²) in [5, 5.41) is 6.97. The Balaban J connectivity index is 2.22. The molecule has 2 nitrogen and oxygen atoms in total. The molecule has 1 saturated carbocycles. The Morgan fingerprint density at radius 2 is 2.31 bits per heavy atom. The quantitative estimate of drug-likeness (QED) is 0.803. The third-order valence-electron chi connectivity index (χ3n) is 2.81. The molecule has 0 amide bonds. The molecule has 0 atom stereocenters. The number of nitrogens with zero attached hydrogens (tertiary/aromatic N) is 1. The number of aromatic nitrogens is 1. The summed E-state index contributed by atoms with van der Waals surface area (Å²) < 4.78 is 0. The van der Waals surface area contributed by atoms with Gasteiger partial charge in [-0.1, -0.05) is 19.8 Å². The fourth-order valence-corrected chi connectivity index (χ4v) is 3.12. The molecule has 1 aromatic heterocycles. The Morgan fingerprint density at radius 3 is 2.85 bits per heavy atom. The van der Waals surface area contributed by atoms with Gasteiger partial charge in [0.25, 0.3) is 0 Å². The molecule has 1 N–H and O–H groups in total. The van der Waals surface area contributed by atoms with E-state index in [1.165, 1.54) is 30.7 Å². The van der Waals surface area contributed by atoms with Crippen LogP contribution in [0.4, 0.5) is 0 Å². The molecule has 0 aromatic carbocycles. The molecular formula is C10H16N2S. The van der Waals surface area contributed by atoms with Crippen molar-refractivity contribution in [2.24, 2.45) is 0 Å². The molecule has 1 heterocycles. The molecule has 0 unspecified atom stereocenters. The molecule has 0 radical (unpaired) electrons. The van der Waals surface area contributed by atoms with E-state index >= 15 is 0 Å². The molecule has 1 aromatic rings. The Labute approximate surface area is 83.4 Å². The van der Waals surface area contributed by atoms with Crippen molar-refractivity contribution in [3.05, 3.63) is 16.6 Å². The molecule has 0 spiro atoms. The van der Waals surface area contributed by atoms with Crippen LogP contribution in [0.25, 0.3) is 0 Å². The first-order chi connectivity index (χ1) is 6.37. The van der Waals surface area contributed by atoms with Crippen molar-refractivity contribution in [1.82, 2.24) is 10.3 Å². The first-order valence-electron chi connectivity index (χ1n) is 5.02. The van der Waals surface area contributed by atoms with Crippen molar-refractivity contribution in [2.45, 2.75) is 38.1 Å². The Hall–Kier alpha value is -0.410. The third-order valence-corrected chi connectivity index (χ3v) is 3.79. The molecule has 0 aliphatic heterocycles. The fourth-order valence-electron chi connectivity index (χ4n) is 2.24. The Bertz CT molecular complexity index is 250. The van der Waals surface area contributed by atoms with E-state index in [2.05, 4.69) is 22.6 Å². The standard InChI is InChI=1S/C10H16N2S/c1-2-12-10(5-3-4-6-10)9-11-7-8-13-9/h7-8,12H,2-6H2,1H3. The maximum atomic E-state index is 4.45. The van der Waals surface area contributed by atoms with E-state index in [-0.39, 0.29) is 5.54 Å². The van der Waals surface area contributed by atoms with Crippen LogP contribution >= 0.6 is 11.3 Å². The van der Waals surface area contributed by atoms with Crippen molar-refractivity contribution >= 4 is 11.3 Å². The second-order valence-corrected chi connectivity index (χ2v) is 4.55. The average molecular weight is 196 g/mol. The molecule has 72 valence electrons. The van der Waals surface area contributed by atoms with E-state index in [0.29, 0.717) is 0 Å². The van der Waals surface area contributed by atoms with Crippen LogP contribution in [0.3, 0.4) is 0 Å². The van der Waals surface area contributed by atoms with Gasteiger partial charge in [-0.05, 0) is 19.4 Å². The van der Waals surface area contributed by atoms with Gasteiger partial charge in [-0.2, -0.15) is 0 Å². The number of hydrogen-bond acceptors (Lipinski definition) is 3. The highest BCUT2D eigenvalue weighted by molar-refractivity contribution is 7.09. The number of hydrogen-bond donors (Lipinski definition) is 1. The minimum atomic E-state index is 0.225. The predicted molar refractivity (Wildman–Crippen MR) is 55.9 cm³/mol. The van der Waals surface area contributed by atoms with Crippen LogP contribution in [0.2, 0.25) is 0 Å². The van der Waals surface area contributed by atoms with Gasteiger partial charge in [-0.15, -0.1) is 11.3 Å². The van der Waals surface area contributed by atoms with E-state index in [1.807, 2.05) is 6.20 Å². The normalized spacial score (nSPS) is 20.7. The van der Waals surface area contributed by atoms with Crippen LogP contribution in [-0.4, -0.2) is 11.5 Å². The van der Waals surface area contributed by atoms with Gasteiger partial charge in [0.1, 0.15) is 5.01 Å². The first kappa shape index (κ1) is 9.16. The number of thiazole rings is 1. The third kappa shape index (κ3) is 1.63. The molecule has 0 saturated heterocycles. The highest BCUT2D eigenvalue weighted by atomic mass is 32.1. The van der Waals surface area contributed by atoms with E-state index in [4.69, 9.17) is 0 Å². The second-order valence-electron chi connectivity index (χ2n) is 3.66. The zero-order valence-electron chi connectivity index (χ0n) is 8.05. The SMILES string of the molecule is CCNC1(c2nccs2)CCCC1. The summed E-state index contributed by atoms with van der Waals surface area (Å²) >= 11 is 1.79. The second kappa shape index (κ2) is 3.76. The van der Waals surface area contributed by atoms with Crippen molar-refractivity contribution in [3.63, 3.8) is 0 Å². The van der Waals surface area contributed by atoms with Gasteiger partial charge in [0.05, 0.1) is 5.54 Å². The lowest BCUT2D eigenvalue weighted by Gasteiger charge is -2.27. The molecule has 13 heavy (non-hydrogen) atoms. The lowest BCUT2D eigenvalue weighted by Crippen LogP contribution is -2.39. The van der Waals surface area contributed by atoms with Crippen LogP contribution in [0.5, 0.6) is 0 Å². The van der Waals surface area contributed by atoms with Gasteiger partial charge < -0.3 is 5.32 Å². The summed E-state index contributed by atoms with van der Waals surface area (Å²) in [5.74, 6) is 0. The van der Waals surface area contributed by atoms with Gasteiger partial charge in [-0.3, -0.25) is 0 Å². The maximum Gasteiger partial charge on any atom is 0.113 e. The van der Waals surface area contributed by atoms with Crippen LogP contribution in [-0.2, 0) is 5.54 Å². The summed E-state index contributed by atoms with van der Waals surface area (Å²) in [6, 6.07) is 0. The molecular weight excluding hydrogens is 180 g/mol. The van der Waals surface area contributed by atoms with E-state index in [0.717, 1.165) is 6.54 Å². The van der Waals surface area contributed by atoms with Crippen LogP contribution < -0.4 is 5.32 Å². The summed E-state index contributed by atoms with van der Waals surface area (Å²) in [6.07, 6.45) is 7.11. The molecule has 0 bridgehead atoms. The summed E-state index contributed by atoms with van der Waals surface area (Å²) in [5.41, 5.74) is 0.225. The largest absolute Gasteiger partial charge is 0.306 e. The topological polar surface area (TPSA) is 24.9 Å². The maximum absolute atomic E-state index is 4.45. The van der Waals surface area contributed by atoms with Gasteiger partial charge in [0, 0.05) is 11.6 Å². The van der Waals surface area contributed by atoms with Gasteiger partial charge in [0.15, 0.2) is 0 Å². The van der Waals surface area contributed by atoms with Gasteiger partial charge in [0.2, 0.25) is 0 Å². The molecule has 2 rings (SSSR count). The summed E-state index contributed by atoms with van der Waals surface area (Å²) in [6.45, 7) is 3.22. The van der Waals surface area contributed by atoms with Crippen molar-refractivity contribution < 1.29 is 0 Å². The monoisotopic (exact) mass is 196 g/mol. The summed E-state index contributed by atoms with van der Waals surface area (Å²) in [4.78, 5) is 4.45. The zero-order chi connectivity index (χ0) is 9.15. The number of rotatable bonds is 3. The first-order valence-corrected chi connectivity index (χ1v) is 5.90. The highest BCUT2D eigenvalue weighted by Gasteiger charge is 2.36. The van der Waals surface area contributed by atoms with E-state index in [1.54, 1.807) is 11.3 Å². The smallest absolute Gasteiger partial charge is 0.113 e. The van der Waals surface area contributed by atoms with Crippen LogP contribution in [0.1, 0.15) is 37.6 Å². The van der Waals surface area contributed by atoms with Crippen LogP contribution in [0, 0.1) is 0 Å². The summed E-state index contributed by atoms with van der Waals surface area (Å²) in [7, 11) is 0. The Kier molecular flexibility index (Phi) is 2.65. The van der Waals surface area contributed by atoms with Crippen molar-refractivity contribution in [3.8, 4) is 0 Å². The predicted octanol–water partition coefficient (Wildman–Crippen LogP) is 2.52. The molecule has 1 aliphatic carbocycles. The molecule has 1 fully saturated rings. The zero-order valence-corrected chi connectivity index (χ0v) is 8.86. The lowest BCUT2D eigenvalue weighted by molar-refractivity contribution is 0.349. The minimum Gasteiger partial charge on any atom is -0.306 e. The lowest BCUT2D eigenvalue weighted by atomic mass is 9.99. The minimum absolute atomic E-state index is 0.225. The number of nitrogens with one attached hydrogen (secondary N) is 1. The van der Waals surface area contributed by atoms with Gasteiger partial charge in [-0.25, -0.2) is 4.98 Å². The fraction of sp³-hybridized carbons (Fsp3) is 0.700. The average Bonchev–Trinajstić information content (AvgIpc) is 2.73. The van der Waals surface area contributed by atoms with Crippen molar-refractivity contribution in [1.29, 1.82) is 0 Å². The van der Waals surface area contributed by atoms with Crippen molar-refractivity contribution in [2.75, 3.05) is 6.54 Å². The van der Waals surface area contributed by atoms with Crippen LogP contribution in [0.15, 0.2) is 11.6 Å². The van der Waals surface area contributed by atoms with Gasteiger partial charge >= 0.3 is 0 Å². The van der Waals surface area contributed by atoms with E-state index < -0.39 is 0 Å². The highest BCUT2D eigenvalue weighted by Crippen LogP contribution is 2.39. The molecule has 3 heteroatoms.